The molecule has 7 heteroatoms. The van der Waals surface area contributed by atoms with Crippen molar-refractivity contribution in [2.24, 2.45) is 0 Å². The van der Waals surface area contributed by atoms with Gasteiger partial charge in [-0.1, -0.05) is 6.07 Å². The van der Waals surface area contributed by atoms with Gasteiger partial charge in [-0.2, -0.15) is 0 Å². The lowest BCUT2D eigenvalue weighted by Crippen LogP contribution is -2.27. The summed E-state index contributed by atoms with van der Waals surface area (Å²) < 4.78 is 19.0. The number of likely N-dealkylation sites (tertiary alicyclic amines) is 1. The fourth-order valence-corrected chi connectivity index (χ4v) is 4.02. The second-order valence-corrected chi connectivity index (χ2v) is 7.37. The first-order valence-corrected chi connectivity index (χ1v) is 10.2. The predicted molar refractivity (Wildman–Crippen MR) is 112 cm³/mol. The van der Waals surface area contributed by atoms with Crippen LogP contribution in [0.1, 0.15) is 23.2 Å². The van der Waals surface area contributed by atoms with E-state index in [1.54, 1.807) is 13.3 Å². The highest BCUT2D eigenvalue weighted by molar-refractivity contribution is 5.95. The Morgan fingerprint density at radius 2 is 1.83 bits per heavy atom. The molecule has 2 aromatic carbocycles. The molecule has 3 aromatic rings. The van der Waals surface area contributed by atoms with Crippen LogP contribution in [0.5, 0.6) is 17.2 Å². The molecule has 1 aromatic heterocycles. The minimum absolute atomic E-state index is 0.0768. The molecule has 1 amide bonds. The zero-order chi connectivity index (χ0) is 20.5. The first-order valence-electron chi connectivity index (χ1n) is 10.2. The molecule has 0 saturated carbocycles. The highest BCUT2D eigenvalue weighted by Gasteiger charge is 2.22. The molecule has 3 heterocycles. The molecule has 0 N–H and O–H groups in total. The van der Waals surface area contributed by atoms with Crippen molar-refractivity contribution in [3.8, 4) is 34.3 Å². The highest BCUT2D eigenvalue weighted by Crippen LogP contribution is 2.41. The third-order valence-electron chi connectivity index (χ3n) is 5.51. The van der Waals surface area contributed by atoms with Gasteiger partial charge in [0, 0.05) is 42.8 Å². The molecule has 2 aliphatic heterocycles. The number of rotatable bonds is 4. The number of hydrogen-bond donors (Lipinski definition) is 0. The lowest BCUT2D eigenvalue weighted by Gasteiger charge is -2.21. The largest absolute Gasteiger partial charge is 0.496 e. The van der Waals surface area contributed by atoms with Crippen LogP contribution in [0.15, 0.2) is 48.8 Å². The highest BCUT2D eigenvalue weighted by atomic mass is 16.6. The predicted octanol–water partition coefficient (Wildman–Crippen LogP) is 3.56. The van der Waals surface area contributed by atoms with Crippen LogP contribution >= 0.6 is 0 Å². The fraction of sp³-hybridized carbons (Fsp3) is 0.304. The molecule has 1 saturated heterocycles. The van der Waals surface area contributed by atoms with Crippen molar-refractivity contribution in [1.29, 1.82) is 0 Å². The van der Waals surface area contributed by atoms with Gasteiger partial charge < -0.3 is 19.1 Å². The summed E-state index contributed by atoms with van der Waals surface area (Å²) in [6.45, 7) is 2.68. The van der Waals surface area contributed by atoms with Gasteiger partial charge in [0.2, 0.25) is 0 Å². The first-order chi connectivity index (χ1) is 14.7. The van der Waals surface area contributed by atoms with Crippen LogP contribution in [0, 0.1) is 0 Å². The molecular weight excluding hydrogens is 382 g/mol. The number of aromatic nitrogens is 2. The number of methoxy groups -OCH3 is 1. The summed E-state index contributed by atoms with van der Waals surface area (Å²) in [5.41, 5.74) is 2.34. The van der Waals surface area contributed by atoms with E-state index in [1.165, 1.54) is 0 Å². The van der Waals surface area contributed by atoms with Crippen LogP contribution < -0.4 is 14.2 Å². The second-order valence-electron chi connectivity index (χ2n) is 7.37. The summed E-state index contributed by atoms with van der Waals surface area (Å²) in [6.07, 6.45) is 5.76. The Hall–Kier alpha value is -3.48. The Balaban J connectivity index is 1.54. The molecule has 0 aliphatic carbocycles. The molecule has 0 bridgehead atoms. The number of ether oxygens (including phenoxy) is 3. The van der Waals surface area contributed by atoms with E-state index in [4.69, 9.17) is 14.2 Å². The Morgan fingerprint density at radius 3 is 2.60 bits per heavy atom. The maximum absolute atomic E-state index is 12.8. The van der Waals surface area contributed by atoms with E-state index in [0.717, 1.165) is 37.2 Å². The third-order valence-corrected chi connectivity index (χ3v) is 5.51. The van der Waals surface area contributed by atoms with Gasteiger partial charge in [0.05, 0.1) is 12.7 Å². The van der Waals surface area contributed by atoms with Crippen LogP contribution in [0.3, 0.4) is 0 Å². The topological polar surface area (TPSA) is 65.8 Å². The lowest BCUT2D eigenvalue weighted by atomic mass is 10.1. The lowest BCUT2D eigenvalue weighted by molar-refractivity contribution is 0.0793. The summed E-state index contributed by atoms with van der Waals surface area (Å²) in [7, 11) is 1.62. The number of fused-ring (bicyclic) bond motifs is 1. The normalized spacial score (nSPS) is 15.3. The molecule has 1 fully saturated rings. The average molecular weight is 405 g/mol. The van der Waals surface area contributed by atoms with Crippen molar-refractivity contribution in [2.45, 2.75) is 12.8 Å². The van der Waals surface area contributed by atoms with E-state index >= 15 is 0 Å². The van der Waals surface area contributed by atoms with E-state index in [-0.39, 0.29) is 5.91 Å². The average Bonchev–Trinajstić information content (AvgIpc) is 3.50. The van der Waals surface area contributed by atoms with Crippen molar-refractivity contribution >= 4 is 5.91 Å². The second kappa shape index (κ2) is 7.74. The third kappa shape index (κ3) is 3.26. The minimum Gasteiger partial charge on any atom is -0.496 e. The number of benzene rings is 2. The molecular formula is C23H23N3O4. The van der Waals surface area contributed by atoms with E-state index in [0.29, 0.717) is 41.9 Å². The molecule has 30 heavy (non-hydrogen) atoms. The Labute approximate surface area is 174 Å². The van der Waals surface area contributed by atoms with Crippen molar-refractivity contribution in [2.75, 3.05) is 33.4 Å². The van der Waals surface area contributed by atoms with E-state index in [1.807, 2.05) is 52.1 Å². The number of amides is 1. The molecule has 154 valence electrons. The number of carbonyl (C=O) groups excluding carboxylic acids is 1. The molecule has 0 atom stereocenters. The van der Waals surface area contributed by atoms with Crippen molar-refractivity contribution in [3.63, 3.8) is 0 Å². The van der Waals surface area contributed by atoms with Gasteiger partial charge in [-0.3, -0.25) is 9.36 Å². The van der Waals surface area contributed by atoms with Gasteiger partial charge in [-0.15, -0.1) is 0 Å². The summed E-state index contributed by atoms with van der Waals surface area (Å²) in [4.78, 5) is 19.3. The maximum atomic E-state index is 12.8. The Bertz CT molecular complexity index is 1090. The van der Waals surface area contributed by atoms with E-state index in [2.05, 4.69) is 4.98 Å². The van der Waals surface area contributed by atoms with Crippen molar-refractivity contribution < 1.29 is 19.0 Å². The zero-order valence-corrected chi connectivity index (χ0v) is 16.8. The van der Waals surface area contributed by atoms with Crippen molar-refractivity contribution in [1.82, 2.24) is 14.5 Å². The maximum Gasteiger partial charge on any atom is 0.253 e. The van der Waals surface area contributed by atoms with Gasteiger partial charge in [0.1, 0.15) is 24.8 Å². The van der Waals surface area contributed by atoms with Crippen LogP contribution in [0.25, 0.3) is 17.1 Å². The SMILES string of the molecule is COc1cc2c(cc1-c1nccn1-c1cccc(C(=O)N3CCCC3)c1)OCCO2. The van der Waals surface area contributed by atoms with Gasteiger partial charge in [0.25, 0.3) is 5.91 Å². The molecule has 2 aliphatic rings. The Kier molecular flexibility index (Phi) is 4.78. The van der Waals surface area contributed by atoms with Gasteiger partial charge in [-0.05, 0) is 37.1 Å². The van der Waals surface area contributed by atoms with Crippen molar-refractivity contribution in [3.05, 3.63) is 54.4 Å². The standard InChI is InChI=1S/C23H23N3O4/c1-28-19-15-21-20(29-11-12-30-21)14-18(19)22-24-7-10-26(22)17-6-4-5-16(13-17)23(27)25-8-2-3-9-25/h4-7,10,13-15H,2-3,8-9,11-12H2,1H3. The summed E-state index contributed by atoms with van der Waals surface area (Å²) in [5.74, 6) is 2.77. The molecule has 0 unspecified atom stereocenters. The zero-order valence-electron chi connectivity index (χ0n) is 16.8. The van der Waals surface area contributed by atoms with Crippen LogP contribution in [-0.4, -0.2) is 53.8 Å². The van der Waals surface area contributed by atoms with Gasteiger partial charge in [0.15, 0.2) is 11.5 Å². The van der Waals surface area contributed by atoms with E-state index in [9.17, 15) is 4.79 Å². The summed E-state index contributed by atoms with van der Waals surface area (Å²) in [6, 6.07) is 11.4. The summed E-state index contributed by atoms with van der Waals surface area (Å²) in [5, 5.41) is 0. The van der Waals surface area contributed by atoms with Gasteiger partial charge in [-0.25, -0.2) is 4.98 Å². The number of carbonyl (C=O) groups is 1. The monoisotopic (exact) mass is 405 g/mol. The summed E-state index contributed by atoms with van der Waals surface area (Å²) >= 11 is 0. The first kappa shape index (κ1) is 18.5. The van der Waals surface area contributed by atoms with Crippen LogP contribution in [-0.2, 0) is 0 Å². The number of nitrogens with zero attached hydrogens (tertiary/aromatic N) is 3. The van der Waals surface area contributed by atoms with E-state index < -0.39 is 0 Å². The molecule has 0 radical (unpaired) electrons. The number of imidazole rings is 1. The smallest absolute Gasteiger partial charge is 0.253 e. The fourth-order valence-electron chi connectivity index (χ4n) is 4.02. The molecule has 0 spiro atoms. The van der Waals surface area contributed by atoms with Crippen LogP contribution in [0.4, 0.5) is 0 Å². The number of hydrogen-bond acceptors (Lipinski definition) is 5. The molecule has 7 nitrogen and oxygen atoms in total. The molecule has 5 rings (SSSR count). The quantitative estimate of drug-likeness (QED) is 0.664. The van der Waals surface area contributed by atoms with Crippen LogP contribution in [0.2, 0.25) is 0 Å². The van der Waals surface area contributed by atoms with Gasteiger partial charge >= 0.3 is 0 Å². The Morgan fingerprint density at radius 1 is 1.07 bits per heavy atom. The minimum atomic E-state index is 0.0768.